The predicted octanol–water partition coefficient (Wildman–Crippen LogP) is 6.59. The number of hydrogen-bond acceptors (Lipinski definition) is 5. The van der Waals surface area contributed by atoms with Crippen LogP contribution in [0.25, 0.3) is 0 Å². The van der Waals surface area contributed by atoms with Crippen molar-refractivity contribution in [3.05, 3.63) is 0 Å². The Balaban J connectivity index is 1.62. The zero-order chi connectivity index (χ0) is 31.6. The maximum absolute atomic E-state index is 14.6. The molecule has 242 valence electrons. The van der Waals surface area contributed by atoms with Gasteiger partial charge in [0.1, 0.15) is 5.78 Å². The Morgan fingerprint density at radius 1 is 0.814 bits per heavy atom. The fraction of sp³-hybridized carbons (Fsp3) is 0.861. The van der Waals surface area contributed by atoms with Gasteiger partial charge >= 0.3 is 0 Å². The van der Waals surface area contributed by atoms with Crippen molar-refractivity contribution < 1.29 is 24.0 Å². The molecular weight excluding hydrogens is 540 g/mol. The van der Waals surface area contributed by atoms with Crippen LogP contribution < -0.4 is 5.73 Å². The third-order valence-corrected chi connectivity index (χ3v) is 12.1. The highest BCUT2D eigenvalue weighted by Crippen LogP contribution is 2.65. The SMILES string of the molecule is CC1(CC(=O)C[C@@H]2C(=O)N3CC4[C@@H]([C@H]3C(=O)C[C@H](C(=O)C(N)=O)CCCCCCCCCC2(C)C)C4(C)C)CCCCC1. The maximum atomic E-state index is 14.6. The summed E-state index contributed by atoms with van der Waals surface area (Å²) in [6.07, 6.45) is 14.8. The van der Waals surface area contributed by atoms with Gasteiger partial charge in [0.2, 0.25) is 11.7 Å². The van der Waals surface area contributed by atoms with Crippen LogP contribution in [0, 0.1) is 39.9 Å². The van der Waals surface area contributed by atoms with Crippen molar-refractivity contribution in [1.82, 2.24) is 4.90 Å². The minimum atomic E-state index is -0.986. The molecule has 2 saturated heterocycles. The number of fused-ring (bicyclic) bond motifs is 3. The monoisotopic (exact) mass is 598 g/mol. The lowest BCUT2D eigenvalue weighted by Crippen LogP contribution is -2.51. The van der Waals surface area contributed by atoms with E-state index < -0.39 is 29.6 Å². The van der Waals surface area contributed by atoms with Gasteiger partial charge in [0.25, 0.3) is 5.91 Å². The van der Waals surface area contributed by atoms with Gasteiger partial charge in [0.15, 0.2) is 5.78 Å². The molecule has 2 aliphatic heterocycles. The number of nitrogens with zero attached hydrogens (tertiary/aromatic N) is 1. The van der Waals surface area contributed by atoms with Crippen LogP contribution in [-0.4, -0.2) is 46.7 Å². The second-order valence-corrected chi connectivity index (χ2v) is 16.3. The standard InChI is InChI=1S/C36H58N2O5/c1-34(2)17-13-10-8-6-7-9-12-16-24(31(41)32(37)42)20-28(40)30-29-27(35(29,3)4)23-38(30)33(43)26(34)21-25(39)22-36(5)18-14-11-15-19-36/h24,26-27,29-30H,6-23H2,1-5H3,(H2,37,42)/t24-,26-,27?,29+,30-/m1/s1. The molecule has 7 heteroatoms. The highest BCUT2D eigenvalue weighted by molar-refractivity contribution is 6.36. The van der Waals surface area contributed by atoms with E-state index in [1.807, 2.05) is 0 Å². The van der Waals surface area contributed by atoms with Crippen molar-refractivity contribution in [2.75, 3.05) is 6.54 Å². The Morgan fingerprint density at radius 2 is 1.37 bits per heavy atom. The number of hydrogen-bond donors (Lipinski definition) is 1. The number of Topliss-reactive ketones (excluding diaryl/α,β-unsaturated/α-hetero) is 3. The van der Waals surface area contributed by atoms with Gasteiger partial charge in [-0.2, -0.15) is 0 Å². The fourth-order valence-electron chi connectivity index (χ4n) is 9.06. The highest BCUT2D eigenvalue weighted by Gasteiger charge is 2.69. The first-order chi connectivity index (χ1) is 20.2. The van der Waals surface area contributed by atoms with E-state index in [0.717, 1.165) is 77.0 Å². The number of piperidine rings is 1. The summed E-state index contributed by atoms with van der Waals surface area (Å²) in [5.41, 5.74) is 4.98. The second kappa shape index (κ2) is 13.5. The van der Waals surface area contributed by atoms with E-state index in [2.05, 4.69) is 34.6 Å². The summed E-state index contributed by atoms with van der Waals surface area (Å²) in [5.74, 6) is -2.65. The van der Waals surface area contributed by atoms with Crippen LogP contribution in [0.4, 0.5) is 0 Å². The average molecular weight is 599 g/mol. The van der Waals surface area contributed by atoms with Crippen LogP contribution in [0.2, 0.25) is 0 Å². The smallest absolute Gasteiger partial charge is 0.285 e. The first-order valence-corrected chi connectivity index (χ1v) is 17.4. The molecule has 0 aromatic heterocycles. The molecule has 2 aliphatic carbocycles. The van der Waals surface area contributed by atoms with Gasteiger partial charge < -0.3 is 10.6 Å². The third kappa shape index (κ3) is 7.79. The van der Waals surface area contributed by atoms with E-state index in [4.69, 9.17) is 5.73 Å². The van der Waals surface area contributed by atoms with Gasteiger partial charge in [-0.05, 0) is 53.8 Å². The zero-order valence-corrected chi connectivity index (χ0v) is 27.7. The molecule has 0 aromatic rings. The Hall–Kier alpha value is -2.05. The summed E-state index contributed by atoms with van der Waals surface area (Å²) in [6.45, 7) is 11.3. The molecular formula is C36H58N2O5. The van der Waals surface area contributed by atoms with E-state index in [1.165, 1.54) is 6.42 Å². The van der Waals surface area contributed by atoms with Crippen molar-refractivity contribution in [3.63, 3.8) is 0 Å². The molecule has 5 atom stereocenters. The fourth-order valence-corrected chi connectivity index (χ4v) is 9.06. The molecule has 0 radical (unpaired) electrons. The molecule has 1 unspecified atom stereocenters. The van der Waals surface area contributed by atoms with E-state index in [9.17, 15) is 24.0 Å². The first-order valence-electron chi connectivity index (χ1n) is 17.4. The number of primary amides is 1. The third-order valence-electron chi connectivity index (χ3n) is 12.1. The van der Waals surface area contributed by atoms with Gasteiger partial charge in [-0.25, -0.2) is 0 Å². The largest absolute Gasteiger partial charge is 0.363 e. The summed E-state index contributed by atoms with van der Waals surface area (Å²) in [4.78, 5) is 68.9. The minimum absolute atomic E-state index is 0.0130. The predicted molar refractivity (Wildman–Crippen MR) is 168 cm³/mol. The molecule has 2 saturated carbocycles. The van der Waals surface area contributed by atoms with Crippen molar-refractivity contribution >= 4 is 29.2 Å². The quantitative estimate of drug-likeness (QED) is 0.347. The van der Waals surface area contributed by atoms with Gasteiger partial charge in [-0.15, -0.1) is 0 Å². The van der Waals surface area contributed by atoms with Crippen LogP contribution in [0.15, 0.2) is 0 Å². The summed E-state index contributed by atoms with van der Waals surface area (Å²) in [6, 6.07) is -0.615. The Kier molecular flexibility index (Phi) is 10.6. The van der Waals surface area contributed by atoms with E-state index in [-0.39, 0.29) is 58.4 Å². The number of rotatable bonds is 6. The number of amides is 2. The van der Waals surface area contributed by atoms with Crippen LogP contribution in [0.5, 0.6) is 0 Å². The van der Waals surface area contributed by atoms with Crippen molar-refractivity contribution in [1.29, 1.82) is 0 Å². The highest BCUT2D eigenvalue weighted by atomic mass is 16.2. The van der Waals surface area contributed by atoms with Gasteiger partial charge in [-0.3, -0.25) is 24.0 Å². The van der Waals surface area contributed by atoms with Crippen LogP contribution in [0.3, 0.4) is 0 Å². The number of carbonyl (C=O) groups excluding carboxylic acids is 5. The first kappa shape index (κ1) is 33.8. The Morgan fingerprint density at radius 3 is 2.00 bits per heavy atom. The van der Waals surface area contributed by atoms with Gasteiger partial charge in [0, 0.05) is 31.7 Å². The molecule has 0 aromatic carbocycles. The molecule has 2 amide bonds. The lowest BCUT2D eigenvalue weighted by Gasteiger charge is -2.40. The van der Waals surface area contributed by atoms with Crippen LogP contribution in [0.1, 0.15) is 144 Å². The maximum Gasteiger partial charge on any atom is 0.285 e. The van der Waals surface area contributed by atoms with Crippen molar-refractivity contribution in [2.24, 2.45) is 45.7 Å². The topological polar surface area (TPSA) is 115 Å². The Labute approximate surface area is 259 Å². The van der Waals surface area contributed by atoms with Gasteiger partial charge in [-0.1, -0.05) is 98.8 Å². The summed E-state index contributed by atoms with van der Waals surface area (Å²) in [7, 11) is 0. The van der Waals surface area contributed by atoms with Crippen LogP contribution in [-0.2, 0) is 24.0 Å². The normalized spacial score (nSPS) is 33.1. The molecule has 4 aliphatic rings. The summed E-state index contributed by atoms with van der Waals surface area (Å²) >= 11 is 0. The van der Waals surface area contributed by atoms with E-state index in [1.54, 1.807) is 4.90 Å². The lowest BCUT2D eigenvalue weighted by molar-refractivity contribution is -0.149. The molecule has 43 heavy (non-hydrogen) atoms. The van der Waals surface area contributed by atoms with E-state index >= 15 is 0 Å². The van der Waals surface area contributed by atoms with Crippen molar-refractivity contribution in [2.45, 2.75) is 150 Å². The summed E-state index contributed by atoms with van der Waals surface area (Å²) < 4.78 is 0. The molecule has 2 heterocycles. The second-order valence-electron chi connectivity index (χ2n) is 16.3. The zero-order valence-electron chi connectivity index (χ0n) is 27.7. The number of ketones is 3. The number of carbonyl (C=O) groups is 5. The molecule has 7 nitrogen and oxygen atoms in total. The average Bonchev–Trinajstić information content (AvgIpc) is 3.25. The molecule has 4 fully saturated rings. The molecule has 4 rings (SSSR count). The molecule has 0 bridgehead atoms. The van der Waals surface area contributed by atoms with Crippen LogP contribution >= 0.6 is 0 Å². The lowest BCUT2D eigenvalue weighted by atomic mass is 9.68. The van der Waals surface area contributed by atoms with Gasteiger partial charge in [0.05, 0.1) is 12.0 Å². The summed E-state index contributed by atoms with van der Waals surface area (Å²) in [5, 5.41) is 0. The number of nitrogens with two attached hydrogens (primary N) is 1. The minimum Gasteiger partial charge on any atom is -0.363 e. The van der Waals surface area contributed by atoms with E-state index in [0.29, 0.717) is 19.4 Å². The molecule has 0 spiro atoms. The molecule has 2 N–H and O–H groups in total. The van der Waals surface area contributed by atoms with Crippen molar-refractivity contribution in [3.8, 4) is 0 Å². The Bertz CT molecular complexity index is 1070.